The topological polar surface area (TPSA) is 82.2 Å². The zero-order valence-corrected chi connectivity index (χ0v) is 11.0. The molecule has 1 aromatic carbocycles. The van der Waals surface area contributed by atoms with Crippen molar-refractivity contribution in [1.82, 2.24) is 4.57 Å². The summed E-state index contributed by atoms with van der Waals surface area (Å²) >= 11 is 0. The van der Waals surface area contributed by atoms with E-state index >= 15 is 0 Å². The number of amides is 1. The van der Waals surface area contributed by atoms with Crippen LogP contribution in [-0.2, 0) is 16.1 Å². The standard InChI is InChI=1S/C15H14N2O3/c1-10-2-4-12-11(3-5-14(16)19)9-15(20)17(6-7-18)13(12)8-10/h2-5,7-9H,6H2,1H3,(H2,16,19)/b5-3+. The Morgan fingerprint density at radius 2 is 2.10 bits per heavy atom. The van der Waals surface area contributed by atoms with Gasteiger partial charge >= 0.3 is 0 Å². The first-order valence-electron chi connectivity index (χ1n) is 6.08. The number of nitrogens with two attached hydrogens (primary N) is 1. The number of aldehydes is 1. The Kier molecular flexibility index (Phi) is 3.79. The lowest BCUT2D eigenvalue weighted by atomic mass is 10.1. The van der Waals surface area contributed by atoms with E-state index < -0.39 is 5.91 Å². The van der Waals surface area contributed by atoms with Crippen molar-refractivity contribution < 1.29 is 9.59 Å². The number of benzene rings is 1. The summed E-state index contributed by atoms with van der Waals surface area (Å²) in [5, 5.41) is 0.787. The van der Waals surface area contributed by atoms with Crippen molar-refractivity contribution in [1.29, 1.82) is 0 Å². The van der Waals surface area contributed by atoms with Crippen molar-refractivity contribution in [3.63, 3.8) is 0 Å². The zero-order valence-electron chi connectivity index (χ0n) is 11.0. The number of carbonyl (C=O) groups excluding carboxylic acids is 2. The van der Waals surface area contributed by atoms with Gasteiger partial charge in [0.05, 0.1) is 12.1 Å². The third kappa shape index (κ3) is 2.66. The van der Waals surface area contributed by atoms with Gasteiger partial charge in [-0.2, -0.15) is 0 Å². The number of primary amides is 1. The van der Waals surface area contributed by atoms with Crippen molar-refractivity contribution >= 4 is 29.2 Å². The number of nitrogens with zero attached hydrogens (tertiary/aromatic N) is 1. The number of carbonyl (C=O) groups is 2. The lowest BCUT2D eigenvalue weighted by molar-refractivity contribution is -0.113. The van der Waals surface area contributed by atoms with E-state index in [4.69, 9.17) is 5.73 Å². The molecular formula is C15H14N2O3. The fourth-order valence-corrected chi connectivity index (χ4v) is 2.09. The molecule has 1 heterocycles. The normalized spacial score (nSPS) is 11.1. The van der Waals surface area contributed by atoms with E-state index in [1.807, 2.05) is 25.1 Å². The average Bonchev–Trinajstić information content (AvgIpc) is 2.39. The molecule has 0 fully saturated rings. The Morgan fingerprint density at radius 3 is 2.75 bits per heavy atom. The lowest BCUT2D eigenvalue weighted by Crippen LogP contribution is -2.21. The Morgan fingerprint density at radius 1 is 1.35 bits per heavy atom. The van der Waals surface area contributed by atoms with Gasteiger partial charge < -0.3 is 15.1 Å². The molecule has 102 valence electrons. The molecule has 0 aliphatic carbocycles. The molecule has 0 saturated carbocycles. The molecule has 0 unspecified atom stereocenters. The summed E-state index contributed by atoms with van der Waals surface area (Å²) in [5.41, 5.74) is 7.02. The highest BCUT2D eigenvalue weighted by atomic mass is 16.1. The number of aryl methyl sites for hydroxylation is 1. The minimum Gasteiger partial charge on any atom is -0.366 e. The fourth-order valence-electron chi connectivity index (χ4n) is 2.09. The van der Waals surface area contributed by atoms with Crippen LogP contribution in [0.4, 0.5) is 0 Å². The molecular weight excluding hydrogens is 256 g/mol. The average molecular weight is 270 g/mol. The molecule has 1 aromatic heterocycles. The van der Waals surface area contributed by atoms with Gasteiger partial charge in [0, 0.05) is 17.5 Å². The minimum atomic E-state index is -0.581. The van der Waals surface area contributed by atoms with Crippen LogP contribution in [0.15, 0.2) is 35.1 Å². The molecule has 0 aliphatic heterocycles. The monoisotopic (exact) mass is 270 g/mol. The number of fused-ring (bicyclic) bond motifs is 1. The summed E-state index contributed by atoms with van der Waals surface area (Å²) < 4.78 is 1.40. The molecule has 1 amide bonds. The maximum Gasteiger partial charge on any atom is 0.252 e. The highest BCUT2D eigenvalue weighted by molar-refractivity contribution is 5.95. The van der Waals surface area contributed by atoms with Gasteiger partial charge in [-0.15, -0.1) is 0 Å². The van der Waals surface area contributed by atoms with E-state index in [9.17, 15) is 14.4 Å². The van der Waals surface area contributed by atoms with E-state index in [-0.39, 0.29) is 12.1 Å². The maximum atomic E-state index is 12.1. The highest BCUT2D eigenvalue weighted by Crippen LogP contribution is 2.19. The van der Waals surface area contributed by atoms with Crippen LogP contribution in [0.25, 0.3) is 17.0 Å². The number of aromatic nitrogens is 1. The maximum absolute atomic E-state index is 12.1. The third-order valence-corrected chi connectivity index (χ3v) is 2.98. The molecule has 0 atom stereocenters. The van der Waals surface area contributed by atoms with Gasteiger partial charge in [-0.05, 0) is 30.2 Å². The van der Waals surface area contributed by atoms with E-state index in [0.29, 0.717) is 17.4 Å². The highest BCUT2D eigenvalue weighted by Gasteiger charge is 2.07. The van der Waals surface area contributed by atoms with Crippen molar-refractivity contribution in [3.05, 3.63) is 51.8 Å². The Bertz CT molecular complexity index is 773. The first-order valence-corrected chi connectivity index (χ1v) is 6.08. The summed E-state index contributed by atoms with van der Waals surface area (Å²) in [4.78, 5) is 33.6. The van der Waals surface area contributed by atoms with E-state index in [1.165, 1.54) is 22.8 Å². The Balaban J connectivity index is 2.79. The molecule has 0 radical (unpaired) electrons. The van der Waals surface area contributed by atoms with Gasteiger partial charge in [-0.3, -0.25) is 9.59 Å². The second-order valence-corrected chi connectivity index (χ2v) is 4.47. The molecule has 0 aliphatic rings. The summed E-state index contributed by atoms with van der Waals surface area (Å²) in [6.45, 7) is 1.90. The number of pyridine rings is 1. The SMILES string of the molecule is Cc1ccc2c(/C=C/C(N)=O)cc(=O)n(CC=O)c2c1. The van der Waals surface area contributed by atoms with Crippen LogP contribution in [0.2, 0.25) is 0 Å². The fraction of sp³-hybridized carbons (Fsp3) is 0.133. The van der Waals surface area contributed by atoms with Crippen LogP contribution in [-0.4, -0.2) is 16.8 Å². The zero-order chi connectivity index (χ0) is 14.7. The predicted octanol–water partition coefficient (Wildman–Crippen LogP) is 1.01. The lowest BCUT2D eigenvalue weighted by Gasteiger charge is -2.10. The number of rotatable bonds is 4. The molecule has 0 spiro atoms. The summed E-state index contributed by atoms with van der Waals surface area (Å²) in [6, 6.07) is 6.98. The summed E-state index contributed by atoms with van der Waals surface area (Å²) in [5.74, 6) is -0.581. The summed E-state index contributed by atoms with van der Waals surface area (Å²) in [6.07, 6.45) is 3.40. The molecule has 2 rings (SSSR count). The van der Waals surface area contributed by atoms with Crippen LogP contribution in [0.3, 0.4) is 0 Å². The smallest absolute Gasteiger partial charge is 0.252 e. The van der Waals surface area contributed by atoms with Crippen molar-refractivity contribution in [3.8, 4) is 0 Å². The molecule has 2 N–H and O–H groups in total. The third-order valence-electron chi connectivity index (χ3n) is 2.98. The Labute approximate surface area is 115 Å². The van der Waals surface area contributed by atoms with Crippen LogP contribution in [0, 0.1) is 6.92 Å². The molecule has 5 heteroatoms. The van der Waals surface area contributed by atoms with E-state index in [2.05, 4.69) is 0 Å². The van der Waals surface area contributed by atoms with Crippen LogP contribution < -0.4 is 11.3 Å². The quantitative estimate of drug-likeness (QED) is 0.664. The van der Waals surface area contributed by atoms with Crippen molar-refractivity contribution in [2.45, 2.75) is 13.5 Å². The summed E-state index contributed by atoms with van der Waals surface area (Å²) in [7, 11) is 0. The second-order valence-electron chi connectivity index (χ2n) is 4.47. The van der Waals surface area contributed by atoms with E-state index in [0.717, 1.165) is 10.9 Å². The first-order chi connectivity index (χ1) is 9.52. The molecule has 0 saturated heterocycles. The van der Waals surface area contributed by atoms with E-state index in [1.54, 1.807) is 0 Å². The van der Waals surface area contributed by atoms with Gasteiger partial charge in [-0.25, -0.2) is 0 Å². The van der Waals surface area contributed by atoms with Gasteiger partial charge in [0.15, 0.2) is 0 Å². The number of hydrogen-bond donors (Lipinski definition) is 1. The second kappa shape index (κ2) is 5.52. The largest absolute Gasteiger partial charge is 0.366 e. The van der Waals surface area contributed by atoms with Gasteiger partial charge in [0.1, 0.15) is 6.29 Å². The van der Waals surface area contributed by atoms with Gasteiger partial charge in [-0.1, -0.05) is 12.1 Å². The molecule has 5 nitrogen and oxygen atoms in total. The van der Waals surface area contributed by atoms with Gasteiger partial charge in [0.25, 0.3) is 5.56 Å². The van der Waals surface area contributed by atoms with Crippen molar-refractivity contribution in [2.24, 2.45) is 5.73 Å². The molecule has 2 aromatic rings. The van der Waals surface area contributed by atoms with Crippen LogP contribution in [0.1, 0.15) is 11.1 Å². The minimum absolute atomic E-state index is 0.00139. The van der Waals surface area contributed by atoms with Crippen molar-refractivity contribution in [2.75, 3.05) is 0 Å². The molecule has 20 heavy (non-hydrogen) atoms. The van der Waals surface area contributed by atoms with Gasteiger partial charge in [0.2, 0.25) is 5.91 Å². The van der Waals surface area contributed by atoms with Crippen LogP contribution >= 0.6 is 0 Å². The first kappa shape index (κ1) is 13.7. The Hall–Kier alpha value is -2.69. The van der Waals surface area contributed by atoms with Crippen LogP contribution in [0.5, 0.6) is 0 Å². The number of hydrogen-bond acceptors (Lipinski definition) is 3. The predicted molar refractivity (Wildman–Crippen MR) is 77.2 cm³/mol. The molecule has 0 bridgehead atoms.